The predicted molar refractivity (Wildman–Crippen MR) is 123 cm³/mol. The molecule has 9 heteroatoms. The van der Waals surface area contributed by atoms with Crippen LogP contribution in [0.3, 0.4) is 0 Å². The zero-order valence-electron chi connectivity index (χ0n) is 18.8. The van der Waals surface area contributed by atoms with E-state index in [1.165, 1.54) is 9.47 Å². The molecule has 1 aromatic carbocycles. The number of hydrogen-bond donors (Lipinski definition) is 2. The normalized spacial score (nSPS) is 11.0. The van der Waals surface area contributed by atoms with Crippen LogP contribution >= 0.6 is 0 Å². The highest BCUT2D eigenvalue weighted by Crippen LogP contribution is 2.17. The van der Waals surface area contributed by atoms with Gasteiger partial charge in [0.1, 0.15) is 18.2 Å². The Bertz CT molecular complexity index is 998. The summed E-state index contributed by atoms with van der Waals surface area (Å²) in [4.78, 5) is 42.9. The summed E-state index contributed by atoms with van der Waals surface area (Å²) in [5, 5.41) is 0. The van der Waals surface area contributed by atoms with Crippen molar-refractivity contribution in [1.29, 1.82) is 0 Å². The molecule has 31 heavy (non-hydrogen) atoms. The van der Waals surface area contributed by atoms with Crippen molar-refractivity contribution in [3.63, 3.8) is 0 Å². The number of hydrogen-bond acceptors (Lipinski definition) is 6. The predicted octanol–water partition coefficient (Wildman–Crippen LogP) is 1.59. The van der Waals surface area contributed by atoms with Crippen molar-refractivity contribution in [2.75, 3.05) is 43.9 Å². The molecule has 0 fully saturated rings. The molecule has 1 heterocycles. The Morgan fingerprint density at radius 3 is 2.65 bits per heavy atom. The number of unbranched alkanes of at least 4 members (excludes halogenated alkanes) is 1. The van der Waals surface area contributed by atoms with Crippen LogP contribution < -0.4 is 26.6 Å². The van der Waals surface area contributed by atoms with Crippen LogP contribution in [-0.2, 0) is 11.3 Å². The first-order chi connectivity index (χ1) is 14.8. The summed E-state index contributed by atoms with van der Waals surface area (Å²) in [6, 6.07) is 7.76. The second-order valence-electron chi connectivity index (χ2n) is 7.54. The number of likely N-dealkylation sites (N-methyl/N-ethyl adjacent to an activating group) is 2. The summed E-state index contributed by atoms with van der Waals surface area (Å²) in [6.45, 7) is 7.42. The fourth-order valence-electron chi connectivity index (χ4n) is 3.26. The molecular weight excluding hydrogens is 398 g/mol. The molecule has 2 aromatic rings. The van der Waals surface area contributed by atoms with Gasteiger partial charge >= 0.3 is 5.69 Å². The number of nitrogen functional groups attached to an aromatic ring is 1. The molecule has 0 unspecified atom stereocenters. The minimum absolute atomic E-state index is 0.0165. The van der Waals surface area contributed by atoms with Gasteiger partial charge in [0.2, 0.25) is 5.91 Å². The maximum absolute atomic E-state index is 12.9. The first-order valence-corrected chi connectivity index (χ1v) is 10.6. The molecule has 170 valence electrons. The molecule has 0 spiro atoms. The van der Waals surface area contributed by atoms with Crippen molar-refractivity contribution in [1.82, 2.24) is 14.5 Å². The Balaban J connectivity index is 2.07. The van der Waals surface area contributed by atoms with E-state index in [4.69, 9.17) is 10.5 Å². The SMILES string of the molecule is CCCCn1c(N)c(N(CC)C(=O)CN(C)CCOc2cccc(C)c2)c(=O)[nH]c1=O. The number of amides is 1. The van der Waals surface area contributed by atoms with E-state index >= 15 is 0 Å². The van der Waals surface area contributed by atoms with Crippen molar-refractivity contribution in [2.24, 2.45) is 0 Å². The topological polar surface area (TPSA) is 114 Å². The van der Waals surface area contributed by atoms with E-state index in [0.29, 0.717) is 19.7 Å². The number of rotatable bonds is 11. The third-order valence-electron chi connectivity index (χ3n) is 4.97. The number of anilines is 2. The third-order valence-corrected chi connectivity index (χ3v) is 4.97. The van der Waals surface area contributed by atoms with Gasteiger partial charge in [0.15, 0.2) is 5.69 Å². The number of carbonyl (C=O) groups excluding carboxylic acids is 1. The lowest BCUT2D eigenvalue weighted by atomic mass is 10.2. The Hall–Kier alpha value is -3.07. The molecule has 1 amide bonds. The van der Waals surface area contributed by atoms with Crippen molar-refractivity contribution >= 4 is 17.4 Å². The standard InChI is InChI=1S/C22H33N5O4/c1-5-7-11-27-20(23)19(21(29)24-22(27)30)26(6-2)18(28)15-25(4)12-13-31-17-10-8-9-16(3)14-17/h8-10,14H,5-7,11-13,15,23H2,1-4H3,(H,24,29,30). The fourth-order valence-corrected chi connectivity index (χ4v) is 3.26. The number of aryl methyl sites for hydroxylation is 1. The average molecular weight is 432 g/mol. The number of aromatic nitrogens is 2. The number of nitrogens with one attached hydrogen (secondary N) is 1. The van der Waals surface area contributed by atoms with Gasteiger partial charge in [-0.2, -0.15) is 0 Å². The molecule has 0 atom stereocenters. The number of nitrogens with two attached hydrogens (primary N) is 1. The van der Waals surface area contributed by atoms with Crippen LogP contribution in [0.15, 0.2) is 33.9 Å². The van der Waals surface area contributed by atoms with Gasteiger partial charge in [0.05, 0.1) is 6.54 Å². The highest BCUT2D eigenvalue weighted by atomic mass is 16.5. The number of nitrogens with zero attached hydrogens (tertiary/aromatic N) is 3. The summed E-state index contributed by atoms with van der Waals surface area (Å²) < 4.78 is 7.05. The number of ether oxygens (including phenoxy) is 1. The molecule has 0 aliphatic carbocycles. The van der Waals surface area contributed by atoms with E-state index < -0.39 is 11.2 Å². The average Bonchev–Trinajstić information content (AvgIpc) is 2.70. The smallest absolute Gasteiger partial charge is 0.330 e. The summed E-state index contributed by atoms with van der Waals surface area (Å²) in [7, 11) is 1.81. The Morgan fingerprint density at radius 2 is 2.00 bits per heavy atom. The van der Waals surface area contributed by atoms with Crippen LogP contribution in [0.4, 0.5) is 11.5 Å². The van der Waals surface area contributed by atoms with Gasteiger partial charge in [0.25, 0.3) is 5.56 Å². The second-order valence-corrected chi connectivity index (χ2v) is 7.54. The van der Waals surface area contributed by atoms with E-state index in [0.717, 1.165) is 24.2 Å². The second kappa shape index (κ2) is 11.4. The van der Waals surface area contributed by atoms with Crippen molar-refractivity contribution < 1.29 is 9.53 Å². The molecule has 0 bridgehead atoms. The molecule has 9 nitrogen and oxygen atoms in total. The summed E-state index contributed by atoms with van der Waals surface area (Å²) in [5.41, 5.74) is 6.06. The minimum Gasteiger partial charge on any atom is -0.492 e. The zero-order valence-corrected chi connectivity index (χ0v) is 18.8. The lowest BCUT2D eigenvalue weighted by Gasteiger charge is -2.25. The van der Waals surface area contributed by atoms with Crippen LogP contribution in [-0.4, -0.2) is 53.6 Å². The molecule has 1 aromatic heterocycles. The largest absolute Gasteiger partial charge is 0.492 e. The van der Waals surface area contributed by atoms with Crippen molar-refractivity contribution in [3.8, 4) is 5.75 Å². The van der Waals surface area contributed by atoms with Gasteiger partial charge in [-0.25, -0.2) is 4.79 Å². The lowest BCUT2D eigenvalue weighted by Crippen LogP contribution is -2.45. The van der Waals surface area contributed by atoms with Crippen LogP contribution in [0, 0.1) is 6.92 Å². The van der Waals surface area contributed by atoms with Crippen LogP contribution in [0.1, 0.15) is 32.3 Å². The highest BCUT2D eigenvalue weighted by molar-refractivity contribution is 5.96. The molecular formula is C22H33N5O4. The highest BCUT2D eigenvalue weighted by Gasteiger charge is 2.23. The van der Waals surface area contributed by atoms with E-state index in [9.17, 15) is 14.4 Å². The van der Waals surface area contributed by atoms with E-state index in [2.05, 4.69) is 4.98 Å². The first kappa shape index (κ1) is 24.2. The minimum atomic E-state index is -0.657. The maximum atomic E-state index is 12.9. The molecule has 2 rings (SSSR count). The van der Waals surface area contributed by atoms with Gasteiger partial charge in [0, 0.05) is 19.6 Å². The Kier molecular flexibility index (Phi) is 8.87. The van der Waals surface area contributed by atoms with Gasteiger partial charge in [-0.1, -0.05) is 25.5 Å². The number of carbonyl (C=O) groups is 1. The zero-order chi connectivity index (χ0) is 23.0. The Labute approximate surface area is 182 Å². The van der Waals surface area contributed by atoms with Gasteiger partial charge in [-0.15, -0.1) is 0 Å². The molecule has 3 N–H and O–H groups in total. The first-order valence-electron chi connectivity index (χ1n) is 10.6. The van der Waals surface area contributed by atoms with E-state index in [1.54, 1.807) is 14.0 Å². The molecule has 0 aliphatic rings. The van der Waals surface area contributed by atoms with Crippen molar-refractivity contribution in [3.05, 3.63) is 50.7 Å². The molecule has 0 saturated heterocycles. The quantitative estimate of drug-likeness (QED) is 0.559. The molecule has 0 radical (unpaired) electrons. The van der Waals surface area contributed by atoms with Gasteiger partial charge < -0.3 is 15.4 Å². The molecule has 0 saturated carbocycles. The summed E-state index contributed by atoms with van der Waals surface area (Å²) in [6.07, 6.45) is 1.60. The van der Waals surface area contributed by atoms with Gasteiger partial charge in [-0.05, 0) is 45.0 Å². The Morgan fingerprint density at radius 1 is 1.26 bits per heavy atom. The van der Waals surface area contributed by atoms with Crippen LogP contribution in [0.5, 0.6) is 5.75 Å². The van der Waals surface area contributed by atoms with E-state index in [1.807, 2.05) is 43.0 Å². The van der Waals surface area contributed by atoms with E-state index in [-0.39, 0.29) is 30.5 Å². The number of benzene rings is 1. The lowest BCUT2D eigenvalue weighted by molar-refractivity contribution is -0.119. The summed E-state index contributed by atoms with van der Waals surface area (Å²) >= 11 is 0. The van der Waals surface area contributed by atoms with Crippen molar-refractivity contribution in [2.45, 2.75) is 40.2 Å². The fraction of sp³-hybridized carbons (Fsp3) is 0.500. The number of H-pyrrole nitrogens is 1. The van der Waals surface area contributed by atoms with Crippen LogP contribution in [0.25, 0.3) is 0 Å². The van der Waals surface area contributed by atoms with Gasteiger partial charge in [-0.3, -0.25) is 24.0 Å². The molecule has 0 aliphatic heterocycles. The maximum Gasteiger partial charge on any atom is 0.330 e. The third kappa shape index (κ3) is 6.45. The number of aromatic amines is 1. The van der Waals surface area contributed by atoms with Crippen LogP contribution in [0.2, 0.25) is 0 Å². The monoisotopic (exact) mass is 431 g/mol. The summed E-state index contributed by atoms with van der Waals surface area (Å²) in [5.74, 6) is 0.518.